The zero-order valence-corrected chi connectivity index (χ0v) is 8.54. The van der Waals surface area contributed by atoms with Gasteiger partial charge in [0.15, 0.2) is 0 Å². The summed E-state index contributed by atoms with van der Waals surface area (Å²) in [5, 5.41) is 11.7. The Bertz CT molecular complexity index is 248. The summed E-state index contributed by atoms with van der Waals surface area (Å²) >= 11 is 0. The molecule has 0 spiro atoms. The van der Waals surface area contributed by atoms with E-state index in [1.54, 1.807) is 7.05 Å². The maximum absolute atomic E-state index is 11.4. The molecule has 0 saturated heterocycles. The van der Waals surface area contributed by atoms with Crippen LogP contribution in [0.25, 0.3) is 0 Å². The summed E-state index contributed by atoms with van der Waals surface area (Å²) in [6.07, 6.45) is 1.64. The molecule has 0 aliphatic heterocycles. The van der Waals surface area contributed by atoms with Crippen LogP contribution in [-0.4, -0.2) is 47.6 Å². The highest BCUT2D eigenvalue weighted by Crippen LogP contribution is 2.34. The Morgan fingerprint density at radius 1 is 1.50 bits per heavy atom. The monoisotopic (exact) mass is 200 g/mol. The highest BCUT2D eigenvalue weighted by Gasteiger charge is 2.43. The molecule has 5 nitrogen and oxygen atoms in total. The van der Waals surface area contributed by atoms with Gasteiger partial charge in [0.2, 0.25) is 11.8 Å². The normalized spacial score (nSPS) is 17.4. The molecule has 1 saturated carbocycles. The summed E-state index contributed by atoms with van der Waals surface area (Å²) in [7, 11) is 1.57. The van der Waals surface area contributed by atoms with Crippen LogP contribution in [0.5, 0.6) is 0 Å². The second-order valence-electron chi connectivity index (χ2n) is 3.86. The maximum Gasteiger partial charge on any atom is 0.240 e. The van der Waals surface area contributed by atoms with Crippen LogP contribution in [0.3, 0.4) is 0 Å². The van der Waals surface area contributed by atoms with Gasteiger partial charge in [-0.2, -0.15) is 0 Å². The molecule has 1 fully saturated rings. The van der Waals surface area contributed by atoms with Crippen LogP contribution in [0, 0.1) is 0 Å². The van der Waals surface area contributed by atoms with Crippen molar-refractivity contribution < 1.29 is 14.7 Å². The fourth-order valence-corrected chi connectivity index (χ4v) is 1.14. The third-order valence-electron chi connectivity index (χ3n) is 2.48. The van der Waals surface area contributed by atoms with Crippen LogP contribution in [0.4, 0.5) is 0 Å². The third kappa shape index (κ3) is 2.70. The number of nitrogens with zero attached hydrogens (tertiary/aromatic N) is 1. The summed E-state index contributed by atoms with van der Waals surface area (Å²) in [6, 6.07) is 0. The van der Waals surface area contributed by atoms with E-state index in [1.807, 2.05) is 0 Å². The third-order valence-corrected chi connectivity index (χ3v) is 2.48. The van der Waals surface area contributed by atoms with Crippen LogP contribution in [0.1, 0.15) is 19.8 Å². The number of aliphatic hydroxyl groups is 1. The Morgan fingerprint density at radius 2 is 2.07 bits per heavy atom. The van der Waals surface area contributed by atoms with Crippen molar-refractivity contribution >= 4 is 11.8 Å². The molecule has 0 unspecified atom stereocenters. The topological polar surface area (TPSA) is 69.6 Å². The van der Waals surface area contributed by atoms with Gasteiger partial charge >= 0.3 is 0 Å². The minimum Gasteiger partial charge on any atom is -0.394 e. The number of hydrogen-bond acceptors (Lipinski definition) is 3. The average molecular weight is 200 g/mol. The Balaban J connectivity index is 2.32. The van der Waals surface area contributed by atoms with Crippen LogP contribution >= 0.6 is 0 Å². The lowest BCUT2D eigenvalue weighted by Gasteiger charge is -2.18. The number of likely N-dealkylation sites (N-methyl/N-ethyl adjacent to an activating group) is 1. The molecular formula is C9H16N2O3. The number of nitrogens with one attached hydrogen (secondary N) is 1. The van der Waals surface area contributed by atoms with Crippen molar-refractivity contribution in [2.75, 3.05) is 20.2 Å². The Labute approximate surface area is 83.1 Å². The fraction of sp³-hybridized carbons (Fsp3) is 0.778. The molecule has 0 bridgehead atoms. The van der Waals surface area contributed by atoms with Crippen LogP contribution < -0.4 is 5.32 Å². The number of hydrogen-bond donors (Lipinski definition) is 2. The first-order valence-corrected chi connectivity index (χ1v) is 4.63. The van der Waals surface area contributed by atoms with E-state index in [2.05, 4.69) is 5.32 Å². The van der Waals surface area contributed by atoms with E-state index in [4.69, 9.17) is 5.11 Å². The molecular weight excluding hydrogens is 184 g/mol. The largest absolute Gasteiger partial charge is 0.394 e. The summed E-state index contributed by atoms with van der Waals surface area (Å²) in [4.78, 5) is 23.5. The molecule has 1 aliphatic carbocycles. The molecule has 0 aromatic heterocycles. The predicted octanol–water partition coefficient (Wildman–Crippen LogP) is -0.894. The summed E-state index contributed by atoms with van der Waals surface area (Å²) < 4.78 is 0. The van der Waals surface area contributed by atoms with E-state index in [1.165, 1.54) is 11.8 Å². The van der Waals surface area contributed by atoms with Crippen molar-refractivity contribution in [3.63, 3.8) is 0 Å². The van der Waals surface area contributed by atoms with Crippen LogP contribution in [0.2, 0.25) is 0 Å². The molecule has 1 aliphatic rings. The van der Waals surface area contributed by atoms with Crippen molar-refractivity contribution in [2.24, 2.45) is 0 Å². The molecule has 2 N–H and O–H groups in total. The number of carbonyl (C=O) groups is 2. The summed E-state index contributed by atoms with van der Waals surface area (Å²) in [5.74, 6) is -0.358. The molecule has 0 heterocycles. The van der Waals surface area contributed by atoms with Gasteiger partial charge in [-0.3, -0.25) is 9.59 Å². The molecule has 0 aromatic carbocycles. The average Bonchev–Trinajstić information content (AvgIpc) is 2.85. The van der Waals surface area contributed by atoms with Crippen molar-refractivity contribution in [1.82, 2.24) is 10.2 Å². The molecule has 2 amide bonds. The SMILES string of the molecule is CC(=O)N(C)CC(=O)NC1(CO)CC1. The van der Waals surface area contributed by atoms with Gasteiger partial charge < -0.3 is 15.3 Å². The van der Waals surface area contributed by atoms with E-state index in [0.29, 0.717) is 0 Å². The molecule has 0 aromatic rings. The van der Waals surface area contributed by atoms with E-state index in [-0.39, 0.29) is 25.0 Å². The lowest BCUT2D eigenvalue weighted by Crippen LogP contribution is -2.45. The fourth-order valence-electron chi connectivity index (χ4n) is 1.14. The Kier molecular flexibility index (Phi) is 3.10. The Morgan fingerprint density at radius 3 is 2.43 bits per heavy atom. The zero-order valence-electron chi connectivity index (χ0n) is 8.54. The van der Waals surface area contributed by atoms with Crippen molar-refractivity contribution in [2.45, 2.75) is 25.3 Å². The van der Waals surface area contributed by atoms with Crippen molar-refractivity contribution in [1.29, 1.82) is 0 Å². The van der Waals surface area contributed by atoms with Crippen LogP contribution in [0.15, 0.2) is 0 Å². The minimum atomic E-state index is -0.394. The summed E-state index contributed by atoms with van der Waals surface area (Å²) in [6.45, 7) is 1.44. The van der Waals surface area contributed by atoms with Gasteiger partial charge in [-0.05, 0) is 12.8 Å². The van der Waals surface area contributed by atoms with Crippen molar-refractivity contribution in [3.8, 4) is 0 Å². The Hall–Kier alpha value is -1.10. The van der Waals surface area contributed by atoms with Gasteiger partial charge in [-0.25, -0.2) is 0 Å². The van der Waals surface area contributed by atoms with Gasteiger partial charge in [0, 0.05) is 14.0 Å². The lowest BCUT2D eigenvalue weighted by atomic mass is 10.3. The van der Waals surface area contributed by atoms with E-state index in [9.17, 15) is 9.59 Å². The number of aliphatic hydroxyl groups excluding tert-OH is 1. The van der Waals surface area contributed by atoms with Gasteiger partial charge in [-0.15, -0.1) is 0 Å². The number of amides is 2. The first-order valence-electron chi connectivity index (χ1n) is 4.63. The van der Waals surface area contributed by atoms with Crippen LogP contribution in [-0.2, 0) is 9.59 Å². The quantitative estimate of drug-likeness (QED) is 0.618. The standard InChI is InChI=1S/C9H16N2O3/c1-7(13)11(2)5-8(14)10-9(6-12)3-4-9/h12H,3-6H2,1-2H3,(H,10,14). The maximum atomic E-state index is 11.4. The minimum absolute atomic E-state index is 0.0253. The predicted molar refractivity (Wildman–Crippen MR) is 50.5 cm³/mol. The first kappa shape index (κ1) is 11.0. The second-order valence-corrected chi connectivity index (χ2v) is 3.86. The highest BCUT2D eigenvalue weighted by atomic mass is 16.3. The van der Waals surface area contributed by atoms with E-state index in [0.717, 1.165) is 12.8 Å². The van der Waals surface area contributed by atoms with Gasteiger partial charge in [0.05, 0.1) is 18.7 Å². The van der Waals surface area contributed by atoms with Crippen molar-refractivity contribution in [3.05, 3.63) is 0 Å². The zero-order chi connectivity index (χ0) is 10.8. The van der Waals surface area contributed by atoms with Gasteiger partial charge in [-0.1, -0.05) is 0 Å². The van der Waals surface area contributed by atoms with Gasteiger partial charge in [0.1, 0.15) is 0 Å². The first-order chi connectivity index (χ1) is 6.49. The smallest absolute Gasteiger partial charge is 0.240 e. The molecule has 0 radical (unpaired) electrons. The summed E-state index contributed by atoms with van der Waals surface area (Å²) in [5.41, 5.74) is -0.394. The number of rotatable bonds is 4. The molecule has 14 heavy (non-hydrogen) atoms. The van der Waals surface area contributed by atoms with Gasteiger partial charge in [0.25, 0.3) is 0 Å². The second kappa shape index (κ2) is 3.96. The lowest BCUT2D eigenvalue weighted by molar-refractivity contribution is -0.133. The van der Waals surface area contributed by atoms with E-state index < -0.39 is 5.54 Å². The highest BCUT2D eigenvalue weighted by molar-refractivity contribution is 5.84. The molecule has 0 atom stereocenters. The molecule has 5 heteroatoms. The van der Waals surface area contributed by atoms with E-state index >= 15 is 0 Å². The number of carbonyl (C=O) groups excluding carboxylic acids is 2. The molecule has 1 rings (SSSR count). The molecule has 80 valence electrons.